The lowest BCUT2D eigenvalue weighted by Gasteiger charge is -2.52. The maximum atomic E-state index is 6.22. The normalized spacial score (nSPS) is 21.6. The average molecular weight is 643 g/mol. The topological polar surface area (TPSA) is 24.9 Å². The molecule has 4 nitrogen and oxygen atoms in total. The quantitative estimate of drug-likeness (QED) is 0.119. The number of hydrogen-bond acceptors (Lipinski definition) is 4. The van der Waals surface area contributed by atoms with Gasteiger partial charge in [-0.3, -0.25) is 0 Å². The largest absolute Gasteiger partial charge is 0.494 e. The van der Waals surface area contributed by atoms with Crippen molar-refractivity contribution >= 4 is 5.57 Å². The van der Waals surface area contributed by atoms with Crippen molar-refractivity contribution in [1.29, 1.82) is 0 Å². The molecule has 4 aliphatic carbocycles. The highest BCUT2D eigenvalue weighted by Gasteiger charge is 2.46. The van der Waals surface area contributed by atoms with Crippen molar-refractivity contribution in [3.63, 3.8) is 0 Å². The molecule has 4 aliphatic rings. The van der Waals surface area contributed by atoms with Crippen LogP contribution in [-0.2, 0) is 0 Å². The van der Waals surface area contributed by atoms with E-state index in [2.05, 4.69) is 86.0 Å². The highest BCUT2D eigenvalue weighted by Crippen LogP contribution is 2.58. The minimum atomic E-state index is 0.761. The van der Waals surface area contributed by atoms with Crippen LogP contribution in [0.4, 0.5) is 0 Å². The van der Waals surface area contributed by atoms with Gasteiger partial charge in [-0.25, -0.2) is 0 Å². The van der Waals surface area contributed by atoms with Crippen molar-refractivity contribution in [2.45, 2.75) is 111 Å². The SMILES string of the molecule is CCN(CC)CCCCCCOc1ccc(C(=C2C3CC4CC(C3)CC2C4)c2ccc(OCCCCCCN(CC)CC)cc2)cc1. The summed E-state index contributed by atoms with van der Waals surface area (Å²) in [6.45, 7) is 17.7. The summed E-state index contributed by atoms with van der Waals surface area (Å²) in [5.41, 5.74) is 5.97. The molecular weight excluding hydrogens is 576 g/mol. The van der Waals surface area contributed by atoms with Crippen molar-refractivity contribution in [3.8, 4) is 11.5 Å². The Morgan fingerprint density at radius 3 is 1.28 bits per heavy atom. The van der Waals surface area contributed by atoms with Crippen LogP contribution >= 0.6 is 0 Å². The van der Waals surface area contributed by atoms with E-state index in [9.17, 15) is 0 Å². The molecule has 4 saturated carbocycles. The molecule has 0 heterocycles. The highest BCUT2D eigenvalue weighted by molar-refractivity contribution is 5.83. The summed E-state index contributed by atoms with van der Waals surface area (Å²) >= 11 is 0. The standard InChI is InChI=1S/C43H66N2O2/c1-5-44(6-2)25-13-9-11-15-27-46-40-21-17-36(18-22-40)42(43-38-30-34-29-35(32-38)33-39(43)31-34)37-19-23-41(24-20-37)47-28-16-12-10-14-26-45(7-3)8-4/h17-24,34-35,38-39H,5-16,25-33H2,1-4H3. The molecule has 0 atom stereocenters. The van der Waals surface area contributed by atoms with Crippen LogP contribution in [0.15, 0.2) is 54.1 Å². The number of ether oxygens (including phenoxy) is 2. The van der Waals surface area contributed by atoms with E-state index in [1.807, 2.05) is 0 Å². The van der Waals surface area contributed by atoms with Gasteiger partial charge in [0, 0.05) is 0 Å². The molecule has 2 aromatic rings. The predicted molar refractivity (Wildman–Crippen MR) is 199 cm³/mol. The molecule has 4 bridgehead atoms. The first kappa shape index (κ1) is 36.0. The zero-order valence-electron chi connectivity index (χ0n) is 30.5. The van der Waals surface area contributed by atoms with E-state index < -0.39 is 0 Å². The second-order valence-electron chi connectivity index (χ2n) is 14.8. The van der Waals surface area contributed by atoms with Crippen molar-refractivity contribution in [1.82, 2.24) is 9.80 Å². The van der Waals surface area contributed by atoms with Gasteiger partial charge in [0.1, 0.15) is 11.5 Å². The number of hydrogen-bond donors (Lipinski definition) is 0. The maximum absolute atomic E-state index is 6.22. The van der Waals surface area contributed by atoms with Crippen molar-refractivity contribution in [2.24, 2.45) is 23.7 Å². The summed E-state index contributed by atoms with van der Waals surface area (Å²) in [5, 5.41) is 0. The van der Waals surface area contributed by atoms with Crippen LogP contribution in [0.3, 0.4) is 0 Å². The fourth-order valence-electron chi connectivity index (χ4n) is 9.08. The van der Waals surface area contributed by atoms with E-state index in [1.165, 1.54) is 100 Å². The summed E-state index contributed by atoms with van der Waals surface area (Å²) in [6.07, 6.45) is 17.0. The van der Waals surface area contributed by atoms with E-state index in [4.69, 9.17) is 9.47 Å². The number of rotatable bonds is 22. The van der Waals surface area contributed by atoms with Gasteiger partial charge in [-0.2, -0.15) is 0 Å². The molecule has 6 rings (SSSR count). The Morgan fingerprint density at radius 2 is 0.894 bits per heavy atom. The van der Waals surface area contributed by atoms with E-state index in [0.717, 1.165) is 87.4 Å². The lowest BCUT2D eigenvalue weighted by Crippen LogP contribution is -2.40. The monoisotopic (exact) mass is 643 g/mol. The zero-order chi connectivity index (χ0) is 32.8. The Balaban J connectivity index is 1.17. The molecule has 4 fully saturated rings. The molecule has 4 heteroatoms. The minimum Gasteiger partial charge on any atom is -0.494 e. The molecule has 47 heavy (non-hydrogen) atoms. The van der Waals surface area contributed by atoms with Crippen LogP contribution in [0.25, 0.3) is 5.57 Å². The molecular formula is C43H66N2O2. The lowest BCUT2D eigenvalue weighted by molar-refractivity contribution is 0.0705. The van der Waals surface area contributed by atoms with Gasteiger partial charge in [0.15, 0.2) is 0 Å². The first-order valence-corrected chi connectivity index (χ1v) is 19.8. The van der Waals surface area contributed by atoms with Crippen molar-refractivity contribution in [3.05, 3.63) is 65.2 Å². The molecule has 0 unspecified atom stereocenters. The van der Waals surface area contributed by atoms with Gasteiger partial charge in [-0.05, 0) is 162 Å². The first-order valence-electron chi connectivity index (χ1n) is 19.8. The van der Waals surface area contributed by atoms with E-state index in [1.54, 1.807) is 5.57 Å². The van der Waals surface area contributed by atoms with E-state index >= 15 is 0 Å². The second kappa shape index (κ2) is 19.0. The summed E-state index contributed by atoms with van der Waals surface area (Å²) in [4.78, 5) is 5.04. The Bertz CT molecular complexity index is 1090. The zero-order valence-corrected chi connectivity index (χ0v) is 30.5. The summed E-state index contributed by atoms with van der Waals surface area (Å²) in [7, 11) is 0. The number of benzene rings is 2. The van der Waals surface area contributed by atoms with Crippen molar-refractivity contribution in [2.75, 3.05) is 52.5 Å². The van der Waals surface area contributed by atoms with Crippen molar-refractivity contribution < 1.29 is 9.47 Å². The third-order valence-electron chi connectivity index (χ3n) is 11.7. The summed E-state index contributed by atoms with van der Waals surface area (Å²) in [5.74, 6) is 5.45. The fraction of sp³-hybridized carbons (Fsp3) is 0.674. The first-order chi connectivity index (χ1) is 23.1. The van der Waals surface area contributed by atoms with Gasteiger partial charge in [0.25, 0.3) is 0 Å². The second-order valence-corrected chi connectivity index (χ2v) is 14.8. The van der Waals surface area contributed by atoms with Gasteiger partial charge in [-0.1, -0.05) is 83.2 Å². The number of unbranched alkanes of at least 4 members (excludes halogenated alkanes) is 6. The molecule has 0 radical (unpaired) electrons. The summed E-state index contributed by atoms with van der Waals surface area (Å²) < 4.78 is 12.4. The molecule has 0 amide bonds. The Morgan fingerprint density at radius 1 is 0.511 bits per heavy atom. The third kappa shape index (κ3) is 10.3. The lowest BCUT2D eigenvalue weighted by atomic mass is 9.53. The van der Waals surface area contributed by atoms with Gasteiger partial charge in [-0.15, -0.1) is 0 Å². The molecule has 0 N–H and O–H groups in total. The molecule has 0 spiro atoms. The van der Waals surface area contributed by atoms with Crippen LogP contribution in [0.2, 0.25) is 0 Å². The van der Waals surface area contributed by atoms with Gasteiger partial charge >= 0.3 is 0 Å². The summed E-state index contributed by atoms with van der Waals surface area (Å²) in [6, 6.07) is 18.2. The number of nitrogens with zero attached hydrogens (tertiary/aromatic N) is 2. The molecule has 0 saturated heterocycles. The van der Waals surface area contributed by atoms with Crippen LogP contribution < -0.4 is 9.47 Å². The maximum Gasteiger partial charge on any atom is 0.119 e. The van der Waals surface area contributed by atoms with E-state index in [0.29, 0.717) is 0 Å². The van der Waals surface area contributed by atoms with Gasteiger partial charge < -0.3 is 19.3 Å². The van der Waals surface area contributed by atoms with Crippen LogP contribution in [-0.4, -0.2) is 62.3 Å². The molecule has 0 aliphatic heterocycles. The van der Waals surface area contributed by atoms with Crippen LogP contribution in [0.5, 0.6) is 11.5 Å². The fourth-order valence-corrected chi connectivity index (χ4v) is 9.08. The van der Waals surface area contributed by atoms with Gasteiger partial charge in [0.05, 0.1) is 13.2 Å². The van der Waals surface area contributed by atoms with Crippen LogP contribution in [0, 0.1) is 23.7 Å². The Hall–Kier alpha value is -2.30. The third-order valence-corrected chi connectivity index (χ3v) is 11.7. The highest BCUT2D eigenvalue weighted by atomic mass is 16.5. The predicted octanol–water partition coefficient (Wildman–Crippen LogP) is 10.5. The molecule has 260 valence electrons. The Labute approximate surface area is 288 Å². The minimum absolute atomic E-state index is 0.761. The Kier molecular flexibility index (Phi) is 14.6. The smallest absolute Gasteiger partial charge is 0.119 e. The van der Waals surface area contributed by atoms with E-state index in [-0.39, 0.29) is 0 Å². The number of allylic oxidation sites excluding steroid dienone is 1. The van der Waals surface area contributed by atoms with Crippen LogP contribution in [0.1, 0.15) is 122 Å². The molecule has 2 aromatic carbocycles. The molecule has 0 aromatic heterocycles. The van der Waals surface area contributed by atoms with Gasteiger partial charge in [0.2, 0.25) is 0 Å². The average Bonchev–Trinajstić information content (AvgIpc) is 3.09.